The van der Waals surface area contributed by atoms with Gasteiger partial charge in [-0.3, -0.25) is 15.1 Å². The van der Waals surface area contributed by atoms with Crippen molar-refractivity contribution in [2.24, 2.45) is 5.10 Å². The molecule has 0 bridgehead atoms. The maximum absolute atomic E-state index is 10.7. The molecule has 0 N–H and O–H groups in total. The van der Waals surface area contributed by atoms with Gasteiger partial charge in [-0.05, 0) is 66.6 Å². The number of hydrazone groups is 1. The number of ether oxygens (including phenoxy) is 2. The molecule has 0 heterocycles. The van der Waals surface area contributed by atoms with Gasteiger partial charge in [0, 0.05) is 12.1 Å². The van der Waals surface area contributed by atoms with Gasteiger partial charge in [0.15, 0.2) is 0 Å². The molecule has 36 heavy (non-hydrogen) atoms. The third-order valence-electron chi connectivity index (χ3n) is 5.44. The number of benzene rings is 4. The van der Waals surface area contributed by atoms with E-state index < -0.39 is 4.92 Å². The molecule has 0 amide bonds. The van der Waals surface area contributed by atoms with Crippen molar-refractivity contribution >= 4 is 17.1 Å². The number of non-ortho nitro benzene ring substituents is 1. The second-order valence-corrected chi connectivity index (χ2v) is 8.04. The molecule has 4 aromatic carbocycles. The Hall–Kier alpha value is -4.65. The Labute approximate surface area is 210 Å². The van der Waals surface area contributed by atoms with Crippen molar-refractivity contribution in [3.63, 3.8) is 0 Å². The molecule has 0 aromatic heterocycles. The van der Waals surface area contributed by atoms with Gasteiger partial charge in [0.2, 0.25) is 0 Å². The molecule has 0 atom stereocenters. The van der Waals surface area contributed by atoms with E-state index in [-0.39, 0.29) is 5.69 Å². The summed E-state index contributed by atoms with van der Waals surface area (Å²) >= 11 is 0. The first kappa shape index (κ1) is 24.5. The topological polar surface area (TPSA) is 77.2 Å². The smallest absolute Gasteiger partial charge is 0.269 e. The van der Waals surface area contributed by atoms with Crippen molar-refractivity contribution in [2.45, 2.75) is 13.5 Å². The fraction of sp³-hybridized carbons (Fsp3) is 0.138. The summed E-state index contributed by atoms with van der Waals surface area (Å²) in [4.78, 5) is 10.3. The molecule has 0 saturated carbocycles. The van der Waals surface area contributed by atoms with Gasteiger partial charge < -0.3 is 9.47 Å². The monoisotopic (exact) mass is 481 g/mol. The first-order chi connectivity index (χ1) is 17.6. The van der Waals surface area contributed by atoms with Crippen molar-refractivity contribution in [3.05, 3.63) is 130 Å². The zero-order chi connectivity index (χ0) is 25.2. The van der Waals surface area contributed by atoms with Gasteiger partial charge in [0.05, 0.1) is 22.9 Å². The van der Waals surface area contributed by atoms with Crippen LogP contribution < -0.4 is 14.5 Å². The third kappa shape index (κ3) is 6.93. The quantitative estimate of drug-likeness (QED) is 0.106. The molecular weight excluding hydrogens is 454 g/mol. The first-order valence-electron chi connectivity index (χ1n) is 11.6. The lowest BCUT2D eigenvalue weighted by atomic mass is 10.1. The third-order valence-corrected chi connectivity index (χ3v) is 5.44. The molecule has 182 valence electrons. The van der Waals surface area contributed by atoms with E-state index in [9.17, 15) is 10.1 Å². The van der Waals surface area contributed by atoms with Crippen LogP contribution in [0.1, 0.15) is 18.1 Å². The molecule has 4 rings (SSSR count). The fourth-order valence-electron chi connectivity index (χ4n) is 3.56. The molecule has 0 fully saturated rings. The van der Waals surface area contributed by atoms with Gasteiger partial charge in [0.25, 0.3) is 5.69 Å². The summed E-state index contributed by atoms with van der Waals surface area (Å²) < 4.78 is 11.4. The van der Waals surface area contributed by atoms with Crippen LogP contribution >= 0.6 is 0 Å². The summed E-state index contributed by atoms with van der Waals surface area (Å²) in [5.74, 6) is 1.29. The minimum Gasteiger partial charge on any atom is -0.490 e. The van der Waals surface area contributed by atoms with Crippen LogP contribution in [0.5, 0.6) is 11.5 Å². The Morgan fingerprint density at radius 1 is 0.778 bits per heavy atom. The SMILES string of the molecule is CC(=NN(Cc1ccccc1)c1ccccc1)c1ccc(OCCOc2ccc([N+](=O)[O-])cc2)cc1. The van der Waals surface area contributed by atoms with Crippen molar-refractivity contribution in [2.75, 3.05) is 18.2 Å². The van der Waals surface area contributed by atoms with E-state index in [1.165, 1.54) is 17.7 Å². The Bertz CT molecular complexity index is 1280. The Balaban J connectivity index is 1.35. The van der Waals surface area contributed by atoms with Crippen LogP contribution in [-0.4, -0.2) is 23.8 Å². The predicted octanol–water partition coefficient (Wildman–Crippen LogP) is 6.48. The maximum Gasteiger partial charge on any atom is 0.269 e. The van der Waals surface area contributed by atoms with E-state index in [4.69, 9.17) is 14.6 Å². The van der Waals surface area contributed by atoms with E-state index in [2.05, 4.69) is 24.3 Å². The van der Waals surface area contributed by atoms with Crippen LogP contribution in [0.4, 0.5) is 11.4 Å². The average Bonchev–Trinajstić information content (AvgIpc) is 2.92. The van der Waals surface area contributed by atoms with Crippen LogP contribution in [0.25, 0.3) is 0 Å². The summed E-state index contributed by atoms with van der Waals surface area (Å²) in [6.07, 6.45) is 0. The number of hydrogen-bond donors (Lipinski definition) is 0. The molecule has 0 aliphatic heterocycles. The standard InChI is InChI=1S/C29H27N3O4/c1-23(30-31(26-10-6-3-7-11-26)22-24-8-4-2-5-9-24)25-12-16-28(17-13-25)35-20-21-36-29-18-14-27(15-19-29)32(33)34/h2-19H,20-22H2,1H3. The van der Waals surface area contributed by atoms with Crippen LogP contribution in [0.2, 0.25) is 0 Å². The second kappa shape index (κ2) is 12.2. The molecule has 0 radical (unpaired) electrons. The van der Waals surface area contributed by atoms with Crippen LogP contribution in [0.3, 0.4) is 0 Å². The van der Waals surface area contributed by atoms with Crippen molar-refractivity contribution in [3.8, 4) is 11.5 Å². The largest absolute Gasteiger partial charge is 0.490 e. The van der Waals surface area contributed by atoms with E-state index in [0.717, 1.165) is 22.7 Å². The highest BCUT2D eigenvalue weighted by atomic mass is 16.6. The Morgan fingerprint density at radius 2 is 1.31 bits per heavy atom. The highest BCUT2D eigenvalue weighted by Crippen LogP contribution is 2.20. The molecular formula is C29H27N3O4. The van der Waals surface area contributed by atoms with Crippen LogP contribution in [-0.2, 0) is 6.54 Å². The van der Waals surface area contributed by atoms with Gasteiger partial charge in [-0.15, -0.1) is 0 Å². The molecule has 0 saturated heterocycles. The summed E-state index contributed by atoms with van der Waals surface area (Å²) in [7, 11) is 0. The lowest BCUT2D eigenvalue weighted by Crippen LogP contribution is -2.18. The number of nitro benzene ring substituents is 1. The van der Waals surface area contributed by atoms with Gasteiger partial charge in [-0.2, -0.15) is 5.10 Å². The summed E-state index contributed by atoms with van der Waals surface area (Å²) in [5, 5.41) is 17.6. The first-order valence-corrected chi connectivity index (χ1v) is 11.6. The lowest BCUT2D eigenvalue weighted by Gasteiger charge is -2.21. The minimum absolute atomic E-state index is 0.0319. The van der Waals surface area contributed by atoms with E-state index in [0.29, 0.717) is 25.5 Å². The number of nitrogens with zero attached hydrogens (tertiary/aromatic N) is 3. The summed E-state index contributed by atoms with van der Waals surface area (Å²) in [5.41, 5.74) is 4.12. The molecule has 7 nitrogen and oxygen atoms in total. The zero-order valence-corrected chi connectivity index (χ0v) is 20.0. The molecule has 0 spiro atoms. The molecule has 0 aliphatic rings. The van der Waals surface area contributed by atoms with E-state index >= 15 is 0 Å². The Morgan fingerprint density at radius 3 is 1.86 bits per heavy atom. The van der Waals surface area contributed by atoms with E-state index in [1.54, 1.807) is 12.1 Å². The Kier molecular flexibility index (Phi) is 8.27. The minimum atomic E-state index is -0.439. The van der Waals surface area contributed by atoms with Gasteiger partial charge >= 0.3 is 0 Å². The normalized spacial score (nSPS) is 11.1. The van der Waals surface area contributed by atoms with Crippen molar-refractivity contribution < 1.29 is 14.4 Å². The van der Waals surface area contributed by atoms with Gasteiger partial charge in [0.1, 0.15) is 24.7 Å². The number of rotatable bonds is 11. The van der Waals surface area contributed by atoms with Crippen molar-refractivity contribution in [1.29, 1.82) is 0 Å². The summed E-state index contributed by atoms with van der Waals surface area (Å²) in [6.45, 7) is 3.33. The molecule has 0 aliphatic carbocycles. The highest BCUT2D eigenvalue weighted by molar-refractivity contribution is 5.99. The molecule has 7 heteroatoms. The second-order valence-electron chi connectivity index (χ2n) is 8.04. The lowest BCUT2D eigenvalue weighted by molar-refractivity contribution is -0.384. The fourth-order valence-corrected chi connectivity index (χ4v) is 3.56. The summed E-state index contributed by atoms with van der Waals surface area (Å²) in [6, 6.07) is 34.1. The highest BCUT2D eigenvalue weighted by Gasteiger charge is 2.08. The average molecular weight is 482 g/mol. The van der Waals surface area contributed by atoms with Crippen molar-refractivity contribution in [1.82, 2.24) is 0 Å². The number of para-hydroxylation sites is 1. The van der Waals surface area contributed by atoms with E-state index in [1.807, 2.05) is 72.6 Å². The zero-order valence-electron chi connectivity index (χ0n) is 20.0. The number of hydrogen-bond acceptors (Lipinski definition) is 6. The van der Waals surface area contributed by atoms with Crippen LogP contribution in [0, 0.1) is 10.1 Å². The molecule has 0 unspecified atom stereocenters. The number of anilines is 1. The number of nitro groups is 1. The van der Waals surface area contributed by atoms with Gasteiger partial charge in [-0.25, -0.2) is 0 Å². The maximum atomic E-state index is 10.7. The van der Waals surface area contributed by atoms with Crippen LogP contribution in [0.15, 0.2) is 114 Å². The van der Waals surface area contributed by atoms with Gasteiger partial charge in [-0.1, -0.05) is 48.5 Å². The predicted molar refractivity (Wildman–Crippen MR) is 142 cm³/mol. The molecule has 4 aromatic rings.